The molecule has 2 saturated heterocycles. The fourth-order valence-electron chi connectivity index (χ4n) is 3.93. The van der Waals surface area contributed by atoms with Gasteiger partial charge in [-0.25, -0.2) is 9.67 Å². The van der Waals surface area contributed by atoms with E-state index < -0.39 is 0 Å². The number of benzene rings is 1. The van der Waals surface area contributed by atoms with E-state index in [9.17, 15) is 9.59 Å². The predicted octanol–water partition coefficient (Wildman–Crippen LogP) is 0.785. The zero-order valence-electron chi connectivity index (χ0n) is 15.7. The molecule has 0 spiro atoms. The first-order valence-corrected chi connectivity index (χ1v) is 9.42. The monoisotopic (exact) mass is 404 g/mol. The van der Waals surface area contributed by atoms with E-state index in [-0.39, 0.29) is 30.3 Å². The molecule has 1 unspecified atom stereocenters. The van der Waals surface area contributed by atoms with Crippen LogP contribution < -0.4 is 5.32 Å². The molecule has 0 saturated carbocycles. The van der Waals surface area contributed by atoms with Crippen LogP contribution in [-0.4, -0.2) is 75.1 Å². The van der Waals surface area contributed by atoms with Crippen molar-refractivity contribution in [2.45, 2.75) is 25.4 Å². The molecule has 8 nitrogen and oxygen atoms in total. The SMILES string of the molecule is Cl.O=C(c1ccccc1Cn1cncn1)N1CCCC(N2CCNCC2=O)C1. The number of piperidine rings is 1. The summed E-state index contributed by atoms with van der Waals surface area (Å²) in [5.41, 5.74) is 1.62. The summed E-state index contributed by atoms with van der Waals surface area (Å²) in [7, 11) is 0. The molecule has 3 heterocycles. The van der Waals surface area contributed by atoms with Gasteiger partial charge in [-0.1, -0.05) is 18.2 Å². The normalized spacial score (nSPS) is 20.0. The summed E-state index contributed by atoms with van der Waals surface area (Å²) >= 11 is 0. The van der Waals surface area contributed by atoms with Crippen LogP contribution in [-0.2, 0) is 11.3 Å². The largest absolute Gasteiger partial charge is 0.337 e. The van der Waals surface area contributed by atoms with Crippen molar-refractivity contribution < 1.29 is 9.59 Å². The summed E-state index contributed by atoms with van der Waals surface area (Å²) in [6.07, 6.45) is 5.01. The maximum atomic E-state index is 13.2. The lowest BCUT2D eigenvalue weighted by atomic mass is 10.0. The molecule has 150 valence electrons. The van der Waals surface area contributed by atoms with E-state index in [1.807, 2.05) is 34.1 Å². The van der Waals surface area contributed by atoms with Crippen LogP contribution in [0.1, 0.15) is 28.8 Å². The maximum Gasteiger partial charge on any atom is 0.254 e. The van der Waals surface area contributed by atoms with Crippen molar-refractivity contribution in [2.24, 2.45) is 0 Å². The summed E-state index contributed by atoms with van der Waals surface area (Å²) in [6, 6.07) is 7.75. The number of hydrogen-bond donors (Lipinski definition) is 1. The van der Waals surface area contributed by atoms with Crippen molar-refractivity contribution in [3.8, 4) is 0 Å². The molecule has 2 aliphatic heterocycles. The molecule has 0 bridgehead atoms. The van der Waals surface area contributed by atoms with Crippen molar-refractivity contribution in [1.82, 2.24) is 29.9 Å². The minimum Gasteiger partial charge on any atom is -0.337 e. The lowest BCUT2D eigenvalue weighted by Gasteiger charge is -2.41. The smallest absolute Gasteiger partial charge is 0.254 e. The number of halogens is 1. The number of rotatable bonds is 4. The lowest BCUT2D eigenvalue weighted by Crippen LogP contribution is -2.57. The summed E-state index contributed by atoms with van der Waals surface area (Å²) < 4.78 is 1.71. The summed E-state index contributed by atoms with van der Waals surface area (Å²) in [5.74, 6) is 0.158. The van der Waals surface area contributed by atoms with Gasteiger partial charge in [0.25, 0.3) is 5.91 Å². The molecule has 28 heavy (non-hydrogen) atoms. The van der Waals surface area contributed by atoms with E-state index in [2.05, 4.69) is 15.4 Å². The second kappa shape index (κ2) is 9.16. The van der Waals surface area contributed by atoms with Gasteiger partial charge in [-0.15, -0.1) is 12.4 Å². The molecule has 2 fully saturated rings. The van der Waals surface area contributed by atoms with Crippen molar-refractivity contribution in [3.63, 3.8) is 0 Å². The molecule has 0 aliphatic carbocycles. The van der Waals surface area contributed by atoms with Crippen molar-refractivity contribution in [1.29, 1.82) is 0 Å². The van der Waals surface area contributed by atoms with Gasteiger partial charge in [-0.3, -0.25) is 9.59 Å². The number of nitrogens with zero attached hydrogens (tertiary/aromatic N) is 5. The average molecular weight is 405 g/mol. The van der Waals surface area contributed by atoms with E-state index >= 15 is 0 Å². The third kappa shape index (κ3) is 4.34. The lowest BCUT2D eigenvalue weighted by molar-refractivity contribution is -0.135. The predicted molar refractivity (Wildman–Crippen MR) is 106 cm³/mol. The van der Waals surface area contributed by atoms with Crippen LogP contribution in [0.25, 0.3) is 0 Å². The van der Waals surface area contributed by atoms with Crippen LogP contribution in [0, 0.1) is 0 Å². The minimum atomic E-state index is 0. The highest BCUT2D eigenvalue weighted by atomic mass is 35.5. The number of hydrogen-bond acceptors (Lipinski definition) is 5. The number of aromatic nitrogens is 3. The number of carbonyl (C=O) groups is 2. The van der Waals surface area contributed by atoms with E-state index in [0.717, 1.165) is 31.5 Å². The van der Waals surface area contributed by atoms with E-state index in [1.54, 1.807) is 11.0 Å². The molecule has 9 heteroatoms. The zero-order valence-corrected chi connectivity index (χ0v) is 16.5. The van der Waals surface area contributed by atoms with Crippen molar-refractivity contribution in [3.05, 3.63) is 48.0 Å². The van der Waals surface area contributed by atoms with Gasteiger partial charge in [-0.2, -0.15) is 5.10 Å². The minimum absolute atomic E-state index is 0. The van der Waals surface area contributed by atoms with Crippen LogP contribution >= 0.6 is 12.4 Å². The topological polar surface area (TPSA) is 83.4 Å². The molecule has 1 atom stereocenters. The Hall–Kier alpha value is -2.45. The van der Waals surface area contributed by atoms with Gasteiger partial charge in [0.15, 0.2) is 0 Å². The van der Waals surface area contributed by atoms with Gasteiger partial charge in [0.2, 0.25) is 5.91 Å². The molecule has 1 aromatic heterocycles. The highest BCUT2D eigenvalue weighted by Crippen LogP contribution is 2.21. The molecule has 2 aliphatic rings. The Bertz CT molecular complexity index is 813. The third-order valence-corrected chi connectivity index (χ3v) is 5.30. The van der Waals surface area contributed by atoms with Crippen molar-refractivity contribution >= 4 is 24.2 Å². The molecule has 4 rings (SSSR count). The third-order valence-electron chi connectivity index (χ3n) is 5.30. The van der Waals surface area contributed by atoms with Crippen LogP contribution in [0.4, 0.5) is 0 Å². The van der Waals surface area contributed by atoms with Gasteiger partial charge in [0.1, 0.15) is 12.7 Å². The Labute approximate surface area is 170 Å². The number of carbonyl (C=O) groups excluding carboxylic acids is 2. The molecule has 2 aromatic rings. The zero-order chi connectivity index (χ0) is 18.6. The van der Waals surface area contributed by atoms with Crippen LogP contribution in [0.15, 0.2) is 36.9 Å². The molecular formula is C19H25ClN6O2. The Balaban J connectivity index is 0.00000225. The number of nitrogens with one attached hydrogen (secondary N) is 1. The second-order valence-corrected chi connectivity index (χ2v) is 7.06. The second-order valence-electron chi connectivity index (χ2n) is 7.06. The Kier molecular flexibility index (Phi) is 6.64. The van der Waals surface area contributed by atoms with E-state index in [4.69, 9.17) is 0 Å². The highest BCUT2D eigenvalue weighted by Gasteiger charge is 2.32. The van der Waals surface area contributed by atoms with Crippen LogP contribution in [0.5, 0.6) is 0 Å². The van der Waals surface area contributed by atoms with Gasteiger partial charge in [-0.05, 0) is 24.5 Å². The Morgan fingerprint density at radius 3 is 2.89 bits per heavy atom. The first-order valence-electron chi connectivity index (χ1n) is 9.42. The number of likely N-dealkylation sites (tertiary alicyclic amines) is 1. The standard InChI is InChI=1S/C19H24N6O2.ClH/c26-18-10-20-7-9-25(18)16-5-3-8-23(12-16)19(27)17-6-2-1-4-15(17)11-24-14-21-13-22-24;/h1-2,4,6,13-14,16,20H,3,5,7-12H2;1H. The summed E-state index contributed by atoms with van der Waals surface area (Å²) in [5, 5.41) is 7.24. The van der Waals surface area contributed by atoms with E-state index in [1.165, 1.54) is 6.33 Å². The molecule has 2 amide bonds. The maximum absolute atomic E-state index is 13.2. The fraction of sp³-hybridized carbons (Fsp3) is 0.474. The Morgan fingerprint density at radius 2 is 2.11 bits per heavy atom. The molecule has 1 aromatic carbocycles. The first kappa shape index (κ1) is 20.3. The van der Waals surface area contributed by atoms with Gasteiger partial charge < -0.3 is 15.1 Å². The molecular weight excluding hydrogens is 380 g/mol. The number of amides is 2. The number of piperazine rings is 1. The first-order chi connectivity index (χ1) is 13.2. The van der Waals surface area contributed by atoms with Crippen molar-refractivity contribution in [2.75, 3.05) is 32.7 Å². The molecule has 1 N–H and O–H groups in total. The Morgan fingerprint density at radius 1 is 1.25 bits per heavy atom. The molecule has 0 radical (unpaired) electrons. The quantitative estimate of drug-likeness (QED) is 0.814. The van der Waals surface area contributed by atoms with Gasteiger partial charge in [0, 0.05) is 37.8 Å². The van der Waals surface area contributed by atoms with Gasteiger partial charge >= 0.3 is 0 Å². The van der Waals surface area contributed by atoms with Gasteiger partial charge in [0.05, 0.1) is 13.1 Å². The fourth-order valence-corrected chi connectivity index (χ4v) is 3.93. The van der Waals surface area contributed by atoms with Crippen LogP contribution in [0.2, 0.25) is 0 Å². The average Bonchev–Trinajstić information content (AvgIpc) is 3.21. The summed E-state index contributed by atoms with van der Waals surface area (Å²) in [4.78, 5) is 33.2. The van der Waals surface area contributed by atoms with E-state index in [0.29, 0.717) is 31.7 Å². The highest BCUT2D eigenvalue weighted by molar-refractivity contribution is 5.95. The summed E-state index contributed by atoms with van der Waals surface area (Å²) in [6.45, 7) is 3.77. The van der Waals surface area contributed by atoms with Crippen LogP contribution in [0.3, 0.4) is 0 Å².